The summed E-state index contributed by atoms with van der Waals surface area (Å²) in [6.45, 7) is 3.01. The molecule has 1 unspecified atom stereocenters. The predicted molar refractivity (Wildman–Crippen MR) is 82.7 cm³/mol. The van der Waals surface area contributed by atoms with E-state index in [9.17, 15) is 4.79 Å². The summed E-state index contributed by atoms with van der Waals surface area (Å²) >= 11 is 5.83. The zero-order valence-electron chi connectivity index (χ0n) is 12.6. The molecule has 1 N–H and O–H groups in total. The van der Waals surface area contributed by atoms with Crippen LogP contribution in [0.25, 0.3) is 0 Å². The monoisotopic (exact) mass is 297 g/mol. The van der Waals surface area contributed by atoms with Crippen LogP contribution in [0.15, 0.2) is 0 Å². The second-order valence-electron chi connectivity index (χ2n) is 7.45. The largest absolute Gasteiger partial charge is 0.356 e. The lowest BCUT2D eigenvalue weighted by Crippen LogP contribution is -2.51. The van der Waals surface area contributed by atoms with E-state index in [1.54, 1.807) is 0 Å². The van der Waals surface area contributed by atoms with Crippen LogP contribution in [0.4, 0.5) is 0 Å². The van der Waals surface area contributed by atoms with E-state index in [4.69, 9.17) is 11.6 Å². The van der Waals surface area contributed by atoms with Gasteiger partial charge in [0.25, 0.3) is 0 Å². The molecule has 0 saturated heterocycles. The Morgan fingerprint density at radius 2 is 1.75 bits per heavy atom. The molecule has 114 valence electrons. The summed E-state index contributed by atoms with van der Waals surface area (Å²) in [5, 5.41) is 3.25. The van der Waals surface area contributed by atoms with Gasteiger partial charge in [-0.05, 0) is 68.1 Å². The molecule has 0 spiro atoms. The van der Waals surface area contributed by atoms with E-state index >= 15 is 0 Å². The number of amides is 1. The molecule has 4 fully saturated rings. The van der Waals surface area contributed by atoms with Crippen LogP contribution in [0.1, 0.15) is 51.9 Å². The van der Waals surface area contributed by atoms with Gasteiger partial charge < -0.3 is 5.32 Å². The minimum atomic E-state index is 0.330. The van der Waals surface area contributed by atoms with E-state index in [2.05, 4.69) is 12.2 Å². The maximum atomic E-state index is 12.6. The highest BCUT2D eigenvalue weighted by molar-refractivity contribution is 6.17. The molecule has 0 aromatic heterocycles. The third kappa shape index (κ3) is 2.86. The molecule has 1 amide bonds. The van der Waals surface area contributed by atoms with Crippen molar-refractivity contribution in [3.8, 4) is 0 Å². The number of carbonyl (C=O) groups is 1. The standard InChI is InChI=1S/C17H28ClNO/c1-2-11(3-4-18)10-19-17(20)16-14-6-12-5-13(8-14)9-15(16)7-12/h11-16H,2-10H2,1H3,(H,19,20). The summed E-state index contributed by atoms with van der Waals surface area (Å²) in [5.41, 5.74) is 0. The molecule has 2 nitrogen and oxygen atoms in total. The molecule has 4 saturated carbocycles. The Bertz CT molecular complexity index is 329. The van der Waals surface area contributed by atoms with Gasteiger partial charge in [-0.3, -0.25) is 4.79 Å². The summed E-state index contributed by atoms with van der Waals surface area (Å²) in [7, 11) is 0. The van der Waals surface area contributed by atoms with Gasteiger partial charge in [-0.15, -0.1) is 11.6 Å². The van der Waals surface area contributed by atoms with Crippen molar-refractivity contribution >= 4 is 17.5 Å². The Hall–Kier alpha value is -0.240. The van der Waals surface area contributed by atoms with Crippen LogP contribution in [0.3, 0.4) is 0 Å². The molecule has 4 rings (SSSR count). The lowest BCUT2D eigenvalue weighted by molar-refractivity contribution is -0.138. The summed E-state index contributed by atoms with van der Waals surface area (Å²) < 4.78 is 0. The predicted octanol–water partition coefficient (Wildman–Crippen LogP) is 3.83. The first-order valence-electron chi connectivity index (χ1n) is 8.54. The second kappa shape index (κ2) is 6.25. The van der Waals surface area contributed by atoms with Gasteiger partial charge in [-0.2, -0.15) is 0 Å². The summed E-state index contributed by atoms with van der Waals surface area (Å²) in [6, 6.07) is 0. The highest BCUT2D eigenvalue weighted by Crippen LogP contribution is 2.56. The summed E-state index contributed by atoms with van der Waals surface area (Å²) in [5.74, 6) is 5.21. The van der Waals surface area contributed by atoms with Crippen molar-refractivity contribution in [2.24, 2.45) is 35.5 Å². The van der Waals surface area contributed by atoms with Gasteiger partial charge in [0.15, 0.2) is 0 Å². The SMILES string of the molecule is CCC(CCCl)CNC(=O)C1C2CC3CC(C2)CC1C3. The highest BCUT2D eigenvalue weighted by atomic mass is 35.5. The minimum Gasteiger partial charge on any atom is -0.356 e. The van der Waals surface area contributed by atoms with Crippen LogP contribution in [0.2, 0.25) is 0 Å². The van der Waals surface area contributed by atoms with Gasteiger partial charge in [-0.25, -0.2) is 0 Å². The van der Waals surface area contributed by atoms with Crippen molar-refractivity contribution in [1.82, 2.24) is 5.32 Å². The lowest BCUT2D eigenvalue weighted by Gasteiger charge is -2.53. The molecule has 0 aromatic rings. The van der Waals surface area contributed by atoms with Gasteiger partial charge in [0.1, 0.15) is 0 Å². The van der Waals surface area contributed by atoms with E-state index in [1.807, 2.05) is 0 Å². The van der Waals surface area contributed by atoms with Crippen LogP contribution in [-0.2, 0) is 4.79 Å². The average Bonchev–Trinajstić information content (AvgIpc) is 2.42. The number of carbonyl (C=O) groups excluding carboxylic acids is 1. The molecule has 0 aliphatic heterocycles. The highest BCUT2D eigenvalue weighted by Gasteiger charge is 2.50. The third-order valence-electron chi connectivity index (χ3n) is 6.19. The maximum Gasteiger partial charge on any atom is 0.223 e. The molecule has 20 heavy (non-hydrogen) atoms. The van der Waals surface area contributed by atoms with Crippen molar-refractivity contribution in [3.05, 3.63) is 0 Å². The van der Waals surface area contributed by atoms with Crippen molar-refractivity contribution in [1.29, 1.82) is 0 Å². The molecule has 0 heterocycles. The first-order valence-corrected chi connectivity index (χ1v) is 9.08. The lowest BCUT2D eigenvalue weighted by atomic mass is 9.51. The van der Waals surface area contributed by atoms with E-state index in [0.29, 0.717) is 35.5 Å². The number of rotatable bonds is 6. The van der Waals surface area contributed by atoms with E-state index in [-0.39, 0.29) is 0 Å². The number of hydrogen-bond donors (Lipinski definition) is 1. The zero-order chi connectivity index (χ0) is 14.1. The molecule has 4 aliphatic rings. The van der Waals surface area contributed by atoms with E-state index in [1.165, 1.54) is 32.1 Å². The third-order valence-corrected chi connectivity index (χ3v) is 6.41. The first kappa shape index (κ1) is 14.7. The number of hydrogen-bond acceptors (Lipinski definition) is 1. The Labute approximate surface area is 128 Å². The Morgan fingerprint density at radius 3 is 2.25 bits per heavy atom. The molecule has 1 atom stereocenters. The summed E-state index contributed by atoms with van der Waals surface area (Å²) in [6.07, 6.45) is 8.87. The maximum absolute atomic E-state index is 12.6. The number of alkyl halides is 1. The van der Waals surface area contributed by atoms with E-state index in [0.717, 1.165) is 31.2 Å². The number of nitrogens with one attached hydrogen (secondary N) is 1. The van der Waals surface area contributed by atoms with E-state index < -0.39 is 0 Å². The van der Waals surface area contributed by atoms with Crippen LogP contribution in [-0.4, -0.2) is 18.3 Å². The fourth-order valence-corrected chi connectivity index (χ4v) is 5.63. The Balaban J connectivity index is 1.55. The molecule has 0 radical (unpaired) electrons. The first-order chi connectivity index (χ1) is 9.71. The van der Waals surface area contributed by atoms with Gasteiger partial charge in [-0.1, -0.05) is 13.3 Å². The molecular weight excluding hydrogens is 270 g/mol. The van der Waals surface area contributed by atoms with Crippen LogP contribution >= 0.6 is 11.6 Å². The van der Waals surface area contributed by atoms with Crippen molar-refractivity contribution in [3.63, 3.8) is 0 Å². The Kier molecular flexibility index (Phi) is 4.59. The van der Waals surface area contributed by atoms with Crippen LogP contribution in [0.5, 0.6) is 0 Å². The van der Waals surface area contributed by atoms with Crippen molar-refractivity contribution in [2.45, 2.75) is 51.9 Å². The van der Waals surface area contributed by atoms with Gasteiger partial charge >= 0.3 is 0 Å². The Morgan fingerprint density at radius 1 is 1.15 bits per heavy atom. The number of halogens is 1. The van der Waals surface area contributed by atoms with Gasteiger partial charge in [0.2, 0.25) is 5.91 Å². The molecule has 0 aromatic carbocycles. The summed E-state index contributed by atoms with van der Waals surface area (Å²) in [4.78, 5) is 12.6. The molecule has 4 aliphatic carbocycles. The average molecular weight is 298 g/mol. The normalized spacial score (nSPS) is 39.8. The topological polar surface area (TPSA) is 29.1 Å². The molecule has 3 heteroatoms. The second-order valence-corrected chi connectivity index (χ2v) is 7.83. The van der Waals surface area contributed by atoms with Crippen LogP contribution in [0, 0.1) is 35.5 Å². The van der Waals surface area contributed by atoms with Crippen molar-refractivity contribution in [2.75, 3.05) is 12.4 Å². The molecular formula is C17H28ClNO. The fraction of sp³-hybridized carbons (Fsp3) is 0.941. The smallest absolute Gasteiger partial charge is 0.223 e. The minimum absolute atomic E-state index is 0.330. The molecule has 4 bridgehead atoms. The zero-order valence-corrected chi connectivity index (χ0v) is 13.4. The quantitative estimate of drug-likeness (QED) is 0.742. The van der Waals surface area contributed by atoms with Crippen molar-refractivity contribution < 1.29 is 4.79 Å². The van der Waals surface area contributed by atoms with Gasteiger partial charge in [0.05, 0.1) is 0 Å². The fourth-order valence-electron chi connectivity index (χ4n) is 5.32. The van der Waals surface area contributed by atoms with Crippen LogP contribution < -0.4 is 5.32 Å². The van der Waals surface area contributed by atoms with Gasteiger partial charge in [0, 0.05) is 18.3 Å².